The standard InChI is InChI=1S/C23H19FN2O4/c1-15-4-6-16(7-5-15)19-13-20(21-3-2-12-29-21)26(25-19)22(27)14-30-23(28)17-8-10-18(24)11-9-17/h2-12,20H,13-14H2,1H3/t20-/m0/s1. The molecular formula is C23H19FN2O4. The zero-order valence-electron chi connectivity index (χ0n) is 16.2. The van der Waals surface area contributed by atoms with Crippen molar-refractivity contribution in [1.82, 2.24) is 5.01 Å². The first kappa shape index (κ1) is 19.6. The minimum Gasteiger partial charge on any atom is -0.467 e. The van der Waals surface area contributed by atoms with Crippen molar-refractivity contribution in [1.29, 1.82) is 0 Å². The van der Waals surface area contributed by atoms with Crippen LogP contribution in [0.5, 0.6) is 0 Å². The van der Waals surface area contributed by atoms with Crippen LogP contribution in [0, 0.1) is 12.7 Å². The van der Waals surface area contributed by atoms with Gasteiger partial charge < -0.3 is 9.15 Å². The van der Waals surface area contributed by atoms with Gasteiger partial charge in [0.15, 0.2) is 6.61 Å². The Morgan fingerprint density at radius 1 is 1.13 bits per heavy atom. The summed E-state index contributed by atoms with van der Waals surface area (Å²) in [7, 11) is 0. The molecule has 30 heavy (non-hydrogen) atoms. The summed E-state index contributed by atoms with van der Waals surface area (Å²) in [6, 6.07) is 15.9. The molecule has 1 atom stereocenters. The van der Waals surface area contributed by atoms with Gasteiger partial charge in [-0.2, -0.15) is 5.10 Å². The van der Waals surface area contributed by atoms with E-state index in [1.807, 2.05) is 31.2 Å². The molecule has 7 heteroatoms. The van der Waals surface area contributed by atoms with Crippen molar-refractivity contribution in [2.45, 2.75) is 19.4 Å². The molecule has 152 valence electrons. The number of esters is 1. The highest BCUT2D eigenvalue weighted by Gasteiger charge is 2.35. The van der Waals surface area contributed by atoms with Crippen LogP contribution >= 0.6 is 0 Å². The first-order chi connectivity index (χ1) is 14.5. The van der Waals surface area contributed by atoms with Crippen molar-refractivity contribution in [2.24, 2.45) is 5.10 Å². The molecule has 0 bridgehead atoms. The minimum atomic E-state index is -0.708. The van der Waals surface area contributed by atoms with E-state index in [9.17, 15) is 14.0 Å². The molecule has 0 aliphatic carbocycles. The van der Waals surface area contributed by atoms with Gasteiger partial charge in [0.25, 0.3) is 5.91 Å². The third-order valence-corrected chi connectivity index (χ3v) is 4.83. The van der Waals surface area contributed by atoms with Gasteiger partial charge >= 0.3 is 5.97 Å². The zero-order valence-corrected chi connectivity index (χ0v) is 16.2. The van der Waals surface area contributed by atoms with Crippen molar-refractivity contribution in [3.8, 4) is 0 Å². The normalized spacial score (nSPS) is 15.7. The lowest BCUT2D eigenvalue weighted by Gasteiger charge is -2.19. The number of hydrazone groups is 1. The van der Waals surface area contributed by atoms with Crippen molar-refractivity contribution in [3.63, 3.8) is 0 Å². The summed E-state index contributed by atoms with van der Waals surface area (Å²) < 4.78 is 23.6. The number of ether oxygens (including phenoxy) is 1. The highest BCUT2D eigenvalue weighted by molar-refractivity contribution is 6.03. The smallest absolute Gasteiger partial charge is 0.338 e. The SMILES string of the molecule is Cc1ccc(C2=NN(C(=O)COC(=O)c3ccc(F)cc3)[C@H](c3ccco3)C2)cc1. The van der Waals surface area contributed by atoms with Gasteiger partial charge in [-0.15, -0.1) is 0 Å². The van der Waals surface area contributed by atoms with Gasteiger partial charge in [0.1, 0.15) is 17.6 Å². The Kier molecular flexibility index (Phi) is 5.43. The number of halogens is 1. The number of benzene rings is 2. The summed E-state index contributed by atoms with van der Waals surface area (Å²) in [4.78, 5) is 24.9. The number of aryl methyl sites for hydroxylation is 1. The molecular weight excluding hydrogens is 387 g/mol. The summed E-state index contributed by atoms with van der Waals surface area (Å²) >= 11 is 0. The zero-order chi connectivity index (χ0) is 21.1. The minimum absolute atomic E-state index is 0.164. The number of carbonyl (C=O) groups is 2. The summed E-state index contributed by atoms with van der Waals surface area (Å²) in [5.41, 5.74) is 2.95. The Morgan fingerprint density at radius 3 is 2.53 bits per heavy atom. The summed E-state index contributed by atoms with van der Waals surface area (Å²) in [5, 5.41) is 5.78. The molecule has 1 aromatic heterocycles. The molecule has 0 unspecified atom stereocenters. The van der Waals surface area contributed by atoms with E-state index in [2.05, 4.69) is 5.10 Å². The van der Waals surface area contributed by atoms with Gasteiger partial charge in [0, 0.05) is 6.42 Å². The Hall–Kier alpha value is -3.74. The highest BCUT2D eigenvalue weighted by atomic mass is 19.1. The van der Waals surface area contributed by atoms with Gasteiger partial charge in [-0.1, -0.05) is 29.8 Å². The molecule has 0 fully saturated rings. The van der Waals surface area contributed by atoms with Crippen LogP contribution in [0.2, 0.25) is 0 Å². The number of carbonyl (C=O) groups excluding carboxylic acids is 2. The Labute approximate surface area is 172 Å². The van der Waals surface area contributed by atoms with E-state index in [4.69, 9.17) is 9.15 Å². The molecule has 2 aromatic carbocycles. The lowest BCUT2D eigenvalue weighted by molar-refractivity contribution is -0.136. The van der Waals surface area contributed by atoms with Gasteiger partial charge in [-0.3, -0.25) is 4.79 Å². The van der Waals surface area contributed by atoms with E-state index < -0.39 is 30.3 Å². The quantitative estimate of drug-likeness (QED) is 0.594. The van der Waals surface area contributed by atoms with Crippen molar-refractivity contribution >= 4 is 17.6 Å². The third-order valence-electron chi connectivity index (χ3n) is 4.83. The van der Waals surface area contributed by atoms with Crippen molar-refractivity contribution < 1.29 is 23.1 Å². The van der Waals surface area contributed by atoms with Crippen molar-refractivity contribution in [2.75, 3.05) is 6.61 Å². The molecule has 4 rings (SSSR count). The molecule has 1 amide bonds. The molecule has 0 radical (unpaired) electrons. The fraction of sp³-hybridized carbons (Fsp3) is 0.174. The van der Waals surface area contributed by atoms with Crippen LogP contribution in [-0.4, -0.2) is 29.2 Å². The van der Waals surface area contributed by atoms with Crippen LogP contribution in [0.15, 0.2) is 76.4 Å². The highest BCUT2D eigenvalue weighted by Crippen LogP contribution is 2.33. The first-order valence-corrected chi connectivity index (χ1v) is 9.44. The molecule has 0 saturated carbocycles. The predicted molar refractivity (Wildman–Crippen MR) is 107 cm³/mol. The molecule has 1 aliphatic rings. The molecule has 2 heterocycles. The third kappa shape index (κ3) is 4.15. The lowest BCUT2D eigenvalue weighted by Crippen LogP contribution is -2.31. The van der Waals surface area contributed by atoms with Gasteiger partial charge in [-0.25, -0.2) is 14.2 Å². The molecule has 6 nitrogen and oxygen atoms in total. The van der Waals surface area contributed by atoms with Gasteiger partial charge in [0.2, 0.25) is 0 Å². The number of furan rings is 1. The maximum absolute atomic E-state index is 13.0. The fourth-order valence-corrected chi connectivity index (χ4v) is 3.23. The number of nitrogens with zero attached hydrogens (tertiary/aromatic N) is 2. The van der Waals surface area contributed by atoms with E-state index in [1.165, 1.54) is 23.4 Å². The maximum atomic E-state index is 13.0. The molecule has 0 N–H and O–H groups in total. The van der Waals surface area contributed by atoms with Gasteiger partial charge in [0.05, 0.1) is 17.5 Å². The summed E-state index contributed by atoms with van der Waals surface area (Å²) in [6.45, 7) is 1.51. The van der Waals surface area contributed by atoms with Crippen LogP contribution < -0.4 is 0 Å². The maximum Gasteiger partial charge on any atom is 0.338 e. The average molecular weight is 406 g/mol. The first-order valence-electron chi connectivity index (χ1n) is 9.44. The van der Waals surface area contributed by atoms with E-state index >= 15 is 0 Å². The number of amides is 1. The Bertz CT molecular complexity index is 1070. The summed E-state index contributed by atoms with van der Waals surface area (Å²) in [6.07, 6.45) is 2.02. The fourth-order valence-electron chi connectivity index (χ4n) is 3.23. The Balaban J connectivity index is 1.50. The van der Waals surface area contributed by atoms with E-state index in [0.717, 1.165) is 29.0 Å². The van der Waals surface area contributed by atoms with Gasteiger partial charge in [-0.05, 0) is 48.9 Å². The van der Waals surface area contributed by atoms with E-state index in [1.54, 1.807) is 12.1 Å². The monoisotopic (exact) mass is 406 g/mol. The molecule has 3 aromatic rings. The van der Waals surface area contributed by atoms with Crippen molar-refractivity contribution in [3.05, 3.63) is 95.2 Å². The summed E-state index contributed by atoms with van der Waals surface area (Å²) in [5.74, 6) is -1.05. The topological polar surface area (TPSA) is 72.1 Å². The molecule has 0 spiro atoms. The van der Waals surface area contributed by atoms with Crippen LogP contribution in [0.4, 0.5) is 4.39 Å². The average Bonchev–Trinajstić information content (AvgIpc) is 3.43. The number of hydrogen-bond acceptors (Lipinski definition) is 5. The largest absolute Gasteiger partial charge is 0.467 e. The molecule has 1 aliphatic heterocycles. The van der Waals surface area contributed by atoms with Crippen LogP contribution in [-0.2, 0) is 9.53 Å². The number of hydrogen-bond donors (Lipinski definition) is 0. The number of rotatable bonds is 5. The second-order valence-corrected chi connectivity index (χ2v) is 6.97. The van der Waals surface area contributed by atoms with E-state index in [-0.39, 0.29) is 5.56 Å². The lowest BCUT2D eigenvalue weighted by atomic mass is 10.0. The van der Waals surface area contributed by atoms with Crippen LogP contribution in [0.3, 0.4) is 0 Å². The second-order valence-electron chi connectivity index (χ2n) is 6.97. The van der Waals surface area contributed by atoms with Crippen LogP contribution in [0.1, 0.15) is 39.7 Å². The van der Waals surface area contributed by atoms with Crippen LogP contribution in [0.25, 0.3) is 0 Å². The predicted octanol–water partition coefficient (Wildman–Crippen LogP) is 4.26. The Morgan fingerprint density at radius 2 is 1.87 bits per heavy atom. The second kappa shape index (κ2) is 8.32. The molecule has 0 saturated heterocycles. The van der Waals surface area contributed by atoms with E-state index in [0.29, 0.717) is 12.2 Å².